The maximum atomic E-state index is 12.5. The lowest BCUT2D eigenvalue weighted by Gasteiger charge is -2.32. The van der Waals surface area contributed by atoms with Crippen molar-refractivity contribution in [3.8, 4) is 5.75 Å². The van der Waals surface area contributed by atoms with Crippen molar-refractivity contribution >= 4 is 17.6 Å². The van der Waals surface area contributed by atoms with Crippen molar-refractivity contribution in [2.45, 2.75) is 59.7 Å². The van der Waals surface area contributed by atoms with Gasteiger partial charge in [0.05, 0.1) is 19.3 Å². The van der Waals surface area contributed by atoms with Gasteiger partial charge in [-0.05, 0) is 71.2 Å². The van der Waals surface area contributed by atoms with E-state index < -0.39 is 5.60 Å². The van der Waals surface area contributed by atoms with Gasteiger partial charge in [0.15, 0.2) is 0 Å². The van der Waals surface area contributed by atoms with E-state index in [1.165, 1.54) is 0 Å². The van der Waals surface area contributed by atoms with Crippen LogP contribution in [0.25, 0.3) is 5.57 Å². The Labute approximate surface area is 167 Å². The quantitative estimate of drug-likeness (QED) is 0.697. The van der Waals surface area contributed by atoms with E-state index in [4.69, 9.17) is 14.2 Å². The lowest BCUT2D eigenvalue weighted by atomic mass is 9.94. The van der Waals surface area contributed by atoms with Gasteiger partial charge in [0.2, 0.25) is 0 Å². The summed E-state index contributed by atoms with van der Waals surface area (Å²) in [6.45, 7) is 12.2. The standard InChI is InChI=1S/C22H31NO5/c1-7-26-20(24)18-11-12-23(21(25)28-22(4,5)6)14-19(18)16-9-8-10-17(13-16)27-15(2)3/h8-10,13,15H,7,11-12,14H2,1-6H3. The second-order valence-corrected chi connectivity index (χ2v) is 8.02. The molecule has 1 heterocycles. The van der Waals surface area contributed by atoms with Crippen LogP contribution in [-0.2, 0) is 14.3 Å². The van der Waals surface area contributed by atoms with Crippen LogP contribution in [0.4, 0.5) is 4.79 Å². The van der Waals surface area contributed by atoms with Gasteiger partial charge in [-0.3, -0.25) is 0 Å². The summed E-state index contributed by atoms with van der Waals surface area (Å²) in [6.07, 6.45) is 0.0729. The van der Waals surface area contributed by atoms with Crippen molar-refractivity contribution in [1.82, 2.24) is 4.90 Å². The molecule has 0 N–H and O–H groups in total. The zero-order valence-corrected chi connectivity index (χ0v) is 17.7. The first-order chi connectivity index (χ1) is 13.1. The number of hydrogen-bond donors (Lipinski definition) is 0. The van der Waals surface area contributed by atoms with Gasteiger partial charge < -0.3 is 19.1 Å². The zero-order valence-electron chi connectivity index (χ0n) is 17.7. The minimum atomic E-state index is -0.576. The lowest BCUT2D eigenvalue weighted by Crippen LogP contribution is -2.41. The Hall–Kier alpha value is -2.50. The van der Waals surface area contributed by atoms with E-state index in [1.54, 1.807) is 11.8 Å². The molecule has 0 bridgehead atoms. The number of carbonyl (C=O) groups is 2. The number of benzene rings is 1. The van der Waals surface area contributed by atoms with Crippen LogP contribution in [0.3, 0.4) is 0 Å². The highest BCUT2D eigenvalue weighted by Gasteiger charge is 2.30. The van der Waals surface area contributed by atoms with E-state index in [2.05, 4.69) is 0 Å². The first-order valence-electron chi connectivity index (χ1n) is 9.75. The van der Waals surface area contributed by atoms with Crippen molar-refractivity contribution in [1.29, 1.82) is 0 Å². The Morgan fingerprint density at radius 2 is 1.93 bits per heavy atom. The average Bonchev–Trinajstić information content (AvgIpc) is 2.59. The molecule has 154 valence electrons. The number of nitrogens with zero attached hydrogens (tertiary/aromatic N) is 1. The molecule has 1 aromatic rings. The highest BCUT2D eigenvalue weighted by Crippen LogP contribution is 2.30. The summed E-state index contributed by atoms with van der Waals surface area (Å²) in [6, 6.07) is 7.57. The summed E-state index contributed by atoms with van der Waals surface area (Å²) < 4.78 is 16.5. The largest absolute Gasteiger partial charge is 0.491 e. The van der Waals surface area contributed by atoms with Crippen LogP contribution >= 0.6 is 0 Å². The highest BCUT2D eigenvalue weighted by molar-refractivity contribution is 5.99. The first-order valence-corrected chi connectivity index (χ1v) is 9.75. The number of hydrogen-bond acceptors (Lipinski definition) is 5. The number of esters is 1. The maximum absolute atomic E-state index is 12.5. The van der Waals surface area contributed by atoms with Crippen molar-refractivity contribution in [2.24, 2.45) is 0 Å². The number of ether oxygens (including phenoxy) is 3. The number of rotatable bonds is 5. The molecule has 0 unspecified atom stereocenters. The van der Waals surface area contributed by atoms with E-state index in [-0.39, 0.29) is 24.7 Å². The molecule has 6 nitrogen and oxygen atoms in total. The third-order valence-electron chi connectivity index (χ3n) is 4.07. The molecule has 0 spiro atoms. The molecule has 2 rings (SSSR count). The smallest absolute Gasteiger partial charge is 0.410 e. The first kappa shape index (κ1) is 21.8. The highest BCUT2D eigenvalue weighted by atomic mass is 16.6. The molecule has 1 aliphatic heterocycles. The third kappa shape index (κ3) is 6.01. The summed E-state index contributed by atoms with van der Waals surface area (Å²) in [5.74, 6) is 0.383. The Morgan fingerprint density at radius 1 is 1.21 bits per heavy atom. The molecule has 0 atom stereocenters. The molecule has 0 radical (unpaired) electrons. The molecule has 1 aromatic carbocycles. The minimum absolute atomic E-state index is 0.0402. The Bertz CT molecular complexity index is 746. The van der Waals surface area contributed by atoms with E-state index in [0.717, 1.165) is 16.9 Å². The summed E-state index contributed by atoms with van der Waals surface area (Å²) in [5.41, 5.74) is 1.63. The second kappa shape index (κ2) is 9.13. The molecule has 0 aromatic heterocycles. The Morgan fingerprint density at radius 3 is 2.54 bits per heavy atom. The van der Waals surface area contributed by atoms with E-state index in [0.29, 0.717) is 25.1 Å². The molecule has 0 saturated heterocycles. The van der Waals surface area contributed by atoms with Crippen molar-refractivity contribution in [3.05, 3.63) is 35.4 Å². The van der Waals surface area contributed by atoms with Crippen LogP contribution in [0.5, 0.6) is 5.75 Å². The van der Waals surface area contributed by atoms with Crippen LogP contribution in [0, 0.1) is 0 Å². The number of amides is 1. The molecule has 6 heteroatoms. The predicted molar refractivity (Wildman–Crippen MR) is 108 cm³/mol. The number of carbonyl (C=O) groups excluding carboxylic acids is 2. The normalized spacial score (nSPS) is 14.9. The zero-order chi connectivity index (χ0) is 20.9. The summed E-state index contributed by atoms with van der Waals surface area (Å²) in [7, 11) is 0. The molecular formula is C22H31NO5. The molecule has 1 amide bonds. The van der Waals surface area contributed by atoms with Gasteiger partial charge >= 0.3 is 12.1 Å². The van der Waals surface area contributed by atoms with E-state index >= 15 is 0 Å². The summed E-state index contributed by atoms with van der Waals surface area (Å²) >= 11 is 0. The fourth-order valence-electron chi connectivity index (χ4n) is 2.98. The predicted octanol–water partition coefficient (Wildman–Crippen LogP) is 4.43. The van der Waals surface area contributed by atoms with Gasteiger partial charge in [0.1, 0.15) is 11.4 Å². The van der Waals surface area contributed by atoms with Crippen molar-refractivity contribution in [2.75, 3.05) is 19.7 Å². The molecule has 0 aliphatic carbocycles. The average molecular weight is 389 g/mol. The lowest BCUT2D eigenvalue weighted by molar-refractivity contribution is -0.138. The van der Waals surface area contributed by atoms with Crippen molar-refractivity contribution in [3.63, 3.8) is 0 Å². The van der Waals surface area contributed by atoms with Crippen molar-refractivity contribution < 1.29 is 23.8 Å². The molecular weight excluding hydrogens is 358 g/mol. The van der Waals surface area contributed by atoms with Gasteiger partial charge in [-0.1, -0.05) is 12.1 Å². The van der Waals surface area contributed by atoms with Gasteiger partial charge in [0, 0.05) is 12.1 Å². The monoisotopic (exact) mass is 389 g/mol. The van der Waals surface area contributed by atoms with Crippen LogP contribution in [-0.4, -0.2) is 48.4 Å². The van der Waals surface area contributed by atoms with E-state index in [1.807, 2.05) is 58.9 Å². The molecule has 28 heavy (non-hydrogen) atoms. The Balaban J connectivity index is 2.37. The topological polar surface area (TPSA) is 65.1 Å². The molecule has 1 aliphatic rings. The minimum Gasteiger partial charge on any atom is -0.491 e. The van der Waals surface area contributed by atoms with Gasteiger partial charge in [-0.15, -0.1) is 0 Å². The van der Waals surface area contributed by atoms with Crippen LogP contribution in [0.2, 0.25) is 0 Å². The SMILES string of the molecule is CCOC(=O)C1=C(c2cccc(OC(C)C)c2)CN(C(=O)OC(C)(C)C)CC1. The third-order valence-corrected chi connectivity index (χ3v) is 4.07. The van der Waals surface area contributed by atoms with Gasteiger partial charge in [-0.25, -0.2) is 9.59 Å². The van der Waals surface area contributed by atoms with E-state index in [9.17, 15) is 9.59 Å². The Kier molecular flexibility index (Phi) is 7.11. The van der Waals surface area contributed by atoms with Crippen LogP contribution in [0.1, 0.15) is 53.5 Å². The molecule has 0 fully saturated rings. The maximum Gasteiger partial charge on any atom is 0.410 e. The van der Waals surface area contributed by atoms with Crippen LogP contribution < -0.4 is 4.74 Å². The van der Waals surface area contributed by atoms with Gasteiger partial charge in [0.25, 0.3) is 0 Å². The summed E-state index contributed by atoms with van der Waals surface area (Å²) in [5, 5.41) is 0. The second-order valence-electron chi connectivity index (χ2n) is 8.02. The fraction of sp³-hybridized carbons (Fsp3) is 0.545. The van der Waals surface area contributed by atoms with Crippen LogP contribution in [0.15, 0.2) is 29.8 Å². The summed E-state index contributed by atoms with van der Waals surface area (Å²) in [4.78, 5) is 26.7. The fourth-order valence-corrected chi connectivity index (χ4v) is 2.98. The molecule has 0 saturated carbocycles. The van der Waals surface area contributed by atoms with Gasteiger partial charge in [-0.2, -0.15) is 0 Å².